The van der Waals surface area contributed by atoms with Crippen LogP contribution >= 0.6 is 0 Å². The van der Waals surface area contributed by atoms with Crippen LogP contribution in [-0.2, 0) is 4.74 Å². The van der Waals surface area contributed by atoms with Crippen LogP contribution in [0.2, 0.25) is 0 Å². The van der Waals surface area contributed by atoms with E-state index in [0.717, 1.165) is 18.2 Å². The molecule has 2 heterocycles. The molecule has 2 aromatic carbocycles. The van der Waals surface area contributed by atoms with Gasteiger partial charge in [0.15, 0.2) is 5.82 Å². The van der Waals surface area contributed by atoms with Gasteiger partial charge in [-0.15, -0.1) is 0 Å². The third-order valence-corrected chi connectivity index (χ3v) is 5.90. The Hall–Kier alpha value is -3.89. The monoisotopic (exact) mass is 518 g/mol. The maximum absolute atomic E-state index is 14.7. The van der Waals surface area contributed by atoms with Crippen molar-refractivity contribution in [1.82, 2.24) is 14.7 Å². The van der Waals surface area contributed by atoms with E-state index in [9.17, 15) is 27.2 Å². The molecule has 4 rings (SSSR count). The molecule has 1 fully saturated rings. The zero-order chi connectivity index (χ0) is 26.9. The Balaban J connectivity index is 1.66. The first-order valence-electron chi connectivity index (χ1n) is 11.7. The standard InChI is InChI=1S/C26H26F4N4O3/c1-26(2,3)37-25(36)33-10-8-15(9-11-33)23-18(24(35)32-21-6-4-16(27)12-19(21)29)14-31-34(23)22-7-5-17(28)13-20(22)30/h4-7,12-15H,8-11H2,1-3H3,(H,32,35). The number of carbonyl (C=O) groups excluding carboxylic acids is 2. The van der Waals surface area contributed by atoms with Crippen molar-refractivity contribution in [3.05, 3.63) is 77.1 Å². The van der Waals surface area contributed by atoms with Crippen LogP contribution in [0.25, 0.3) is 5.69 Å². The lowest BCUT2D eigenvalue weighted by Gasteiger charge is -2.34. The summed E-state index contributed by atoms with van der Waals surface area (Å²) in [7, 11) is 0. The molecule has 7 nitrogen and oxygen atoms in total. The van der Waals surface area contributed by atoms with Crippen molar-refractivity contribution < 1.29 is 31.9 Å². The van der Waals surface area contributed by atoms with E-state index in [0.29, 0.717) is 43.8 Å². The fourth-order valence-electron chi connectivity index (χ4n) is 4.21. The number of anilines is 1. The molecule has 0 atom stereocenters. The van der Waals surface area contributed by atoms with Crippen molar-refractivity contribution in [3.8, 4) is 5.69 Å². The van der Waals surface area contributed by atoms with E-state index in [1.54, 1.807) is 25.7 Å². The Morgan fingerprint density at radius 2 is 1.59 bits per heavy atom. The van der Waals surface area contributed by atoms with Gasteiger partial charge in [-0.2, -0.15) is 5.10 Å². The van der Waals surface area contributed by atoms with Crippen LogP contribution in [0.5, 0.6) is 0 Å². The van der Waals surface area contributed by atoms with Crippen LogP contribution in [0.15, 0.2) is 42.6 Å². The summed E-state index contributed by atoms with van der Waals surface area (Å²) in [6.45, 7) is 5.92. The third kappa shape index (κ3) is 5.92. The molecule has 1 N–H and O–H groups in total. The fraction of sp³-hybridized carbons (Fsp3) is 0.346. The van der Waals surface area contributed by atoms with Crippen LogP contribution in [0, 0.1) is 23.3 Å². The molecule has 1 saturated heterocycles. The van der Waals surface area contributed by atoms with E-state index < -0.39 is 40.9 Å². The molecule has 2 amide bonds. The van der Waals surface area contributed by atoms with E-state index in [2.05, 4.69) is 10.4 Å². The van der Waals surface area contributed by atoms with Gasteiger partial charge in [-0.1, -0.05) is 0 Å². The van der Waals surface area contributed by atoms with E-state index in [4.69, 9.17) is 4.74 Å². The predicted molar refractivity (Wildman–Crippen MR) is 128 cm³/mol. The van der Waals surface area contributed by atoms with Gasteiger partial charge in [0.1, 0.15) is 28.7 Å². The van der Waals surface area contributed by atoms with E-state index in [1.807, 2.05) is 0 Å². The molecular formula is C26H26F4N4O3. The number of nitrogens with one attached hydrogen (secondary N) is 1. The lowest BCUT2D eigenvalue weighted by atomic mass is 9.90. The number of piperidine rings is 1. The van der Waals surface area contributed by atoms with Gasteiger partial charge in [-0.05, 0) is 57.9 Å². The Morgan fingerprint density at radius 1 is 0.973 bits per heavy atom. The minimum absolute atomic E-state index is 0.0446. The largest absolute Gasteiger partial charge is 0.444 e. The normalized spacial score (nSPS) is 14.5. The van der Waals surface area contributed by atoms with Crippen LogP contribution in [0.4, 0.5) is 28.0 Å². The third-order valence-electron chi connectivity index (χ3n) is 5.90. The smallest absolute Gasteiger partial charge is 0.410 e. The first-order chi connectivity index (χ1) is 17.4. The van der Waals surface area contributed by atoms with Crippen molar-refractivity contribution in [2.75, 3.05) is 18.4 Å². The lowest BCUT2D eigenvalue weighted by Crippen LogP contribution is -2.41. The first-order valence-corrected chi connectivity index (χ1v) is 11.7. The highest BCUT2D eigenvalue weighted by atomic mass is 19.1. The highest BCUT2D eigenvalue weighted by Gasteiger charge is 2.32. The van der Waals surface area contributed by atoms with Crippen LogP contribution in [0.3, 0.4) is 0 Å². The van der Waals surface area contributed by atoms with Gasteiger partial charge in [0.25, 0.3) is 5.91 Å². The molecule has 0 spiro atoms. The number of halogens is 4. The molecular weight excluding hydrogens is 492 g/mol. The highest BCUT2D eigenvalue weighted by molar-refractivity contribution is 6.05. The summed E-state index contributed by atoms with van der Waals surface area (Å²) >= 11 is 0. The van der Waals surface area contributed by atoms with Gasteiger partial charge < -0.3 is 15.0 Å². The topological polar surface area (TPSA) is 76.5 Å². The van der Waals surface area contributed by atoms with Crippen molar-refractivity contribution in [3.63, 3.8) is 0 Å². The van der Waals surface area contributed by atoms with Crippen molar-refractivity contribution in [2.45, 2.75) is 45.1 Å². The van der Waals surface area contributed by atoms with Crippen molar-refractivity contribution >= 4 is 17.7 Å². The Morgan fingerprint density at radius 3 is 2.19 bits per heavy atom. The first kappa shape index (κ1) is 26.2. The summed E-state index contributed by atoms with van der Waals surface area (Å²) in [5.41, 5.74) is -0.596. The van der Waals surface area contributed by atoms with Gasteiger partial charge in [-0.25, -0.2) is 27.0 Å². The lowest BCUT2D eigenvalue weighted by molar-refractivity contribution is 0.0203. The molecule has 3 aromatic rings. The number of aromatic nitrogens is 2. The number of ether oxygens (including phenoxy) is 1. The summed E-state index contributed by atoms with van der Waals surface area (Å²) in [6.07, 6.45) is 1.56. The van der Waals surface area contributed by atoms with Crippen LogP contribution in [0.1, 0.15) is 55.6 Å². The second-order valence-electron chi connectivity index (χ2n) is 9.77. The molecule has 0 radical (unpaired) electrons. The second kappa shape index (κ2) is 10.2. The Labute approximate surface area is 211 Å². The molecule has 0 aliphatic carbocycles. The predicted octanol–water partition coefficient (Wildman–Crippen LogP) is 5.80. The zero-order valence-corrected chi connectivity index (χ0v) is 20.5. The van der Waals surface area contributed by atoms with E-state index in [-0.39, 0.29) is 22.9 Å². The maximum Gasteiger partial charge on any atom is 0.410 e. The number of benzene rings is 2. The summed E-state index contributed by atoms with van der Waals surface area (Å²) in [4.78, 5) is 27.2. The quantitative estimate of drug-likeness (QED) is 0.444. The zero-order valence-electron chi connectivity index (χ0n) is 20.5. The van der Waals surface area contributed by atoms with Crippen molar-refractivity contribution in [2.24, 2.45) is 0 Å². The highest BCUT2D eigenvalue weighted by Crippen LogP contribution is 2.34. The van der Waals surface area contributed by atoms with Crippen LogP contribution < -0.4 is 5.32 Å². The van der Waals surface area contributed by atoms with Gasteiger partial charge in [0.05, 0.1) is 23.1 Å². The molecule has 0 unspecified atom stereocenters. The fourth-order valence-corrected chi connectivity index (χ4v) is 4.21. The van der Waals surface area contributed by atoms with Gasteiger partial charge in [0, 0.05) is 31.1 Å². The molecule has 0 saturated carbocycles. The van der Waals surface area contributed by atoms with E-state index >= 15 is 0 Å². The number of nitrogens with zero attached hydrogens (tertiary/aromatic N) is 3. The molecule has 37 heavy (non-hydrogen) atoms. The molecule has 196 valence electrons. The number of hydrogen-bond donors (Lipinski definition) is 1. The Bertz CT molecular complexity index is 1330. The van der Waals surface area contributed by atoms with Crippen molar-refractivity contribution in [1.29, 1.82) is 0 Å². The van der Waals surface area contributed by atoms with Gasteiger partial charge in [0.2, 0.25) is 0 Å². The number of rotatable bonds is 4. The average Bonchev–Trinajstić information content (AvgIpc) is 3.25. The summed E-state index contributed by atoms with van der Waals surface area (Å²) in [6, 6.07) is 5.72. The van der Waals surface area contributed by atoms with Crippen LogP contribution in [-0.4, -0.2) is 45.4 Å². The molecule has 11 heteroatoms. The maximum atomic E-state index is 14.7. The number of likely N-dealkylation sites (tertiary alicyclic amines) is 1. The number of hydrogen-bond acceptors (Lipinski definition) is 4. The summed E-state index contributed by atoms with van der Waals surface area (Å²) in [5.74, 6) is -4.49. The SMILES string of the molecule is CC(C)(C)OC(=O)N1CCC(c2c(C(=O)Nc3ccc(F)cc3F)cnn2-c2ccc(F)cc2F)CC1. The van der Waals surface area contributed by atoms with Gasteiger partial charge >= 0.3 is 6.09 Å². The van der Waals surface area contributed by atoms with E-state index in [1.165, 1.54) is 16.9 Å². The number of carbonyl (C=O) groups is 2. The molecule has 0 bridgehead atoms. The summed E-state index contributed by atoms with van der Waals surface area (Å²) in [5, 5.41) is 6.59. The molecule has 1 aliphatic heterocycles. The molecule has 1 aliphatic rings. The second-order valence-corrected chi connectivity index (χ2v) is 9.77. The average molecular weight is 519 g/mol. The Kier molecular flexibility index (Phi) is 7.24. The molecule has 1 aromatic heterocycles. The van der Waals surface area contributed by atoms with Gasteiger partial charge in [-0.3, -0.25) is 4.79 Å². The summed E-state index contributed by atoms with van der Waals surface area (Å²) < 4.78 is 62.4. The minimum atomic E-state index is -0.961. The number of amides is 2. The minimum Gasteiger partial charge on any atom is -0.444 e.